The quantitative estimate of drug-likeness (QED) is 0.625. The topological polar surface area (TPSA) is 84.4 Å². The van der Waals surface area contributed by atoms with Crippen molar-refractivity contribution in [2.24, 2.45) is 0 Å². The molecular weight excluding hydrogens is 424 g/mol. The number of carbonyl (C=O) groups is 2. The Morgan fingerprint density at radius 3 is 2.63 bits per heavy atom. The third kappa shape index (κ3) is 4.60. The number of methoxy groups -OCH3 is 1. The largest absolute Gasteiger partial charge is 0.497 e. The molecule has 1 unspecified atom stereocenters. The molecule has 7 nitrogen and oxygen atoms in total. The lowest BCUT2D eigenvalue weighted by Gasteiger charge is -2.16. The van der Waals surface area contributed by atoms with E-state index in [0.717, 1.165) is 22.0 Å². The Labute approximate surface area is 182 Å². The van der Waals surface area contributed by atoms with Crippen molar-refractivity contribution in [2.45, 2.75) is 18.8 Å². The summed E-state index contributed by atoms with van der Waals surface area (Å²) in [5.41, 5.74) is 1.68. The van der Waals surface area contributed by atoms with Crippen LogP contribution in [0.2, 0.25) is 5.02 Å². The number of anilines is 2. The normalized spacial score (nSPS) is 16.0. The highest BCUT2D eigenvalue weighted by atomic mass is 35.5. The summed E-state index contributed by atoms with van der Waals surface area (Å²) in [6, 6.07) is 14.5. The Bertz CT molecular complexity index is 1050. The van der Waals surface area contributed by atoms with Crippen LogP contribution in [0.5, 0.6) is 5.75 Å². The third-order valence-electron chi connectivity index (χ3n) is 4.82. The van der Waals surface area contributed by atoms with E-state index >= 15 is 0 Å². The van der Waals surface area contributed by atoms with Gasteiger partial charge in [-0.15, -0.1) is 10.2 Å². The Kier molecular flexibility index (Phi) is 5.96. The van der Waals surface area contributed by atoms with Gasteiger partial charge in [-0.2, -0.15) is 0 Å². The molecule has 1 saturated heterocycles. The minimum absolute atomic E-state index is 0.0302. The van der Waals surface area contributed by atoms with E-state index in [1.807, 2.05) is 36.4 Å². The molecule has 2 aromatic carbocycles. The molecule has 0 spiro atoms. The summed E-state index contributed by atoms with van der Waals surface area (Å²) < 4.78 is 5.12. The van der Waals surface area contributed by atoms with E-state index in [4.69, 9.17) is 16.3 Å². The molecule has 4 rings (SSSR count). The van der Waals surface area contributed by atoms with Gasteiger partial charge in [0, 0.05) is 29.6 Å². The van der Waals surface area contributed by atoms with Crippen molar-refractivity contribution < 1.29 is 14.3 Å². The fourth-order valence-electron chi connectivity index (χ4n) is 3.29. The highest BCUT2D eigenvalue weighted by Gasteiger charge is 2.34. The van der Waals surface area contributed by atoms with Gasteiger partial charge in [-0.1, -0.05) is 35.1 Å². The lowest BCUT2D eigenvalue weighted by atomic mass is 10.1. The number of ether oxygens (including phenoxy) is 1. The number of aromatic nitrogens is 2. The van der Waals surface area contributed by atoms with E-state index < -0.39 is 0 Å². The molecular formula is C21H19ClN4O3S. The van der Waals surface area contributed by atoms with Crippen LogP contribution in [0.3, 0.4) is 0 Å². The predicted octanol–water partition coefficient (Wildman–Crippen LogP) is 3.90. The SMILES string of the molecule is COc1ccc(CC(=O)Nc2nnc(C3CC(=O)N(c4ccc(Cl)cc4)C3)s2)cc1. The van der Waals surface area contributed by atoms with Crippen LogP contribution < -0.4 is 15.0 Å². The lowest BCUT2D eigenvalue weighted by molar-refractivity contribution is -0.117. The molecule has 30 heavy (non-hydrogen) atoms. The standard InChI is InChI=1S/C21H19ClN4O3S/c1-29-17-8-2-13(3-9-17)10-18(27)23-21-25-24-20(30-21)14-11-19(28)26(12-14)16-6-4-15(22)5-7-16/h2-9,14H,10-12H2,1H3,(H,23,25,27). The Morgan fingerprint density at radius 1 is 1.20 bits per heavy atom. The highest BCUT2D eigenvalue weighted by molar-refractivity contribution is 7.15. The summed E-state index contributed by atoms with van der Waals surface area (Å²) >= 11 is 7.23. The Hall–Kier alpha value is -2.97. The van der Waals surface area contributed by atoms with E-state index in [1.54, 1.807) is 24.1 Å². The maximum Gasteiger partial charge on any atom is 0.230 e. The van der Waals surface area contributed by atoms with Gasteiger partial charge >= 0.3 is 0 Å². The van der Waals surface area contributed by atoms with Gasteiger partial charge in [0.2, 0.25) is 16.9 Å². The number of halogens is 1. The molecule has 1 fully saturated rings. The number of hydrogen-bond acceptors (Lipinski definition) is 6. The molecule has 0 bridgehead atoms. The zero-order valence-corrected chi connectivity index (χ0v) is 17.7. The molecule has 1 atom stereocenters. The fourth-order valence-corrected chi connectivity index (χ4v) is 4.26. The fraction of sp³-hybridized carbons (Fsp3) is 0.238. The first-order valence-corrected chi connectivity index (χ1v) is 10.5. The van der Waals surface area contributed by atoms with Gasteiger partial charge in [0.25, 0.3) is 0 Å². The van der Waals surface area contributed by atoms with Gasteiger partial charge < -0.3 is 15.0 Å². The number of amides is 2. The number of nitrogens with zero attached hydrogens (tertiary/aromatic N) is 3. The average Bonchev–Trinajstić information content (AvgIpc) is 3.36. The molecule has 9 heteroatoms. The molecule has 154 valence electrons. The first-order chi connectivity index (χ1) is 14.5. The zero-order chi connectivity index (χ0) is 21.1. The van der Waals surface area contributed by atoms with Crippen molar-refractivity contribution in [3.05, 3.63) is 64.1 Å². The maximum absolute atomic E-state index is 12.4. The molecule has 1 aliphatic heterocycles. The maximum atomic E-state index is 12.4. The first-order valence-electron chi connectivity index (χ1n) is 9.34. The van der Waals surface area contributed by atoms with E-state index in [2.05, 4.69) is 15.5 Å². The number of hydrogen-bond donors (Lipinski definition) is 1. The average molecular weight is 443 g/mol. The highest BCUT2D eigenvalue weighted by Crippen LogP contribution is 2.34. The van der Waals surface area contributed by atoms with Crippen molar-refractivity contribution in [3.8, 4) is 5.75 Å². The van der Waals surface area contributed by atoms with Gasteiger partial charge in [-0.05, 0) is 42.0 Å². The van der Waals surface area contributed by atoms with Crippen LogP contribution in [-0.4, -0.2) is 35.7 Å². The molecule has 3 aromatic rings. The van der Waals surface area contributed by atoms with Gasteiger partial charge in [0.1, 0.15) is 10.8 Å². The van der Waals surface area contributed by atoms with Crippen LogP contribution in [0.4, 0.5) is 10.8 Å². The molecule has 2 heterocycles. The monoisotopic (exact) mass is 442 g/mol. The second-order valence-electron chi connectivity index (χ2n) is 6.90. The summed E-state index contributed by atoms with van der Waals surface area (Å²) in [5, 5.41) is 12.8. The summed E-state index contributed by atoms with van der Waals surface area (Å²) in [7, 11) is 1.60. The second-order valence-corrected chi connectivity index (χ2v) is 8.35. The molecule has 0 radical (unpaired) electrons. The van der Waals surface area contributed by atoms with Gasteiger partial charge in [0.15, 0.2) is 0 Å². The zero-order valence-electron chi connectivity index (χ0n) is 16.2. The van der Waals surface area contributed by atoms with E-state index in [0.29, 0.717) is 23.1 Å². The molecule has 1 aromatic heterocycles. The van der Waals surface area contributed by atoms with Crippen LogP contribution in [0.15, 0.2) is 48.5 Å². The van der Waals surface area contributed by atoms with Crippen molar-refractivity contribution in [1.82, 2.24) is 10.2 Å². The molecule has 1 aliphatic rings. The Balaban J connectivity index is 1.37. The summed E-state index contributed by atoms with van der Waals surface area (Å²) in [4.78, 5) is 26.5. The number of carbonyl (C=O) groups excluding carboxylic acids is 2. The van der Waals surface area contributed by atoms with Crippen molar-refractivity contribution in [1.29, 1.82) is 0 Å². The van der Waals surface area contributed by atoms with Gasteiger partial charge in [0.05, 0.1) is 13.5 Å². The third-order valence-corrected chi connectivity index (χ3v) is 6.08. The number of benzene rings is 2. The van der Waals surface area contributed by atoms with E-state index in [-0.39, 0.29) is 24.2 Å². The minimum atomic E-state index is -0.173. The van der Waals surface area contributed by atoms with Gasteiger partial charge in [-0.3, -0.25) is 9.59 Å². The smallest absolute Gasteiger partial charge is 0.230 e. The summed E-state index contributed by atoms with van der Waals surface area (Å²) in [5.74, 6) is 0.542. The van der Waals surface area contributed by atoms with Crippen LogP contribution in [0.25, 0.3) is 0 Å². The van der Waals surface area contributed by atoms with Crippen LogP contribution in [0.1, 0.15) is 22.9 Å². The predicted molar refractivity (Wildman–Crippen MR) is 116 cm³/mol. The first kappa shape index (κ1) is 20.3. The Morgan fingerprint density at radius 2 is 1.93 bits per heavy atom. The second kappa shape index (κ2) is 8.81. The number of rotatable bonds is 6. The molecule has 1 N–H and O–H groups in total. The molecule has 0 saturated carbocycles. The summed E-state index contributed by atoms with van der Waals surface area (Å²) in [6.45, 7) is 0.523. The van der Waals surface area contributed by atoms with Crippen molar-refractivity contribution in [3.63, 3.8) is 0 Å². The minimum Gasteiger partial charge on any atom is -0.497 e. The van der Waals surface area contributed by atoms with E-state index in [1.165, 1.54) is 11.3 Å². The van der Waals surface area contributed by atoms with Crippen LogP contribution in [-0.2, 0) is 16.0 Å². The lowest BCUT2D eigenvalue weighted by Crippen LogP contribution is -2.24. The number of nitrogens with one attached hydrogen (secondary N) is 1. The van der Waals surface area contributed by atoms with Crippen LogP contribution in [0, 0.1) is 0 Å². The van der Waals surface area contributed by atoms with Crippen molar-refractivity contribution in [2.75, 3.05) is 23.9 Å². The molecule has 0 aliphatic carbocycles. The van der Waals surface area contributed by atoms with Gasteiger partial charge in [-0.25, -0.2) is 0 Å². The summed E-state index contributed by atoms with van der Waals surface area (Å²) in [6.07, 6.45) is 0.586. The van der Waals surface area contributed by atoms with Crippen molar-refractivity contribution >= 4 is 45.6 Å². The van der Waals surface area contributed by atoms with E-state index in [9.17, 15) is 9.59 Å². The molecule has 2 amide bonds. The van der Waals surface area contributed by atoms with Crippen LogP contribution >= 0.6 is 22.9 Å².